The van der Waals surface area contributed by atoms with E-state index in [1.807, 2.05) is 181 Å². The average Bonchev–Trinajstić information content (AvgIpc) is 1.65. The number of rotatable bonds is 21. The van der Waals surface area contributed by atoms with Crippen LogP contribution in [-0.4, -0.2) is 240 Å². The molecule has 764 valence electrons. The number of hydrogen-bond acceptors (Lipinski definition) is 25. The van der Waals surface area contributed by atoms with Crippen LogP contribution in [0.3, 0.4) is 0 Å². The van der Waals surface area contributed by atoms with Gasteiger partial charge in [-0.3, -0.25) is 56.8 Å². The molecule has 7 aromatic heterocycles. The first-order valence-electron chi connectivity index (χ1n) is 47.5. The van der Waals surface area contributed by atoms with Crippen LogP contribution in [0.2, 0.25) is 5.02 Å². The van der Waals surface area contributed by atoms with Crippen molar-refractivity contribution in [2.24, 2.45) is 0 Å². The van der Waals surface area contributed by atoms with Crippen LogP contribution >= 0.6 is 22.9 Å². The zero-order valence-corrected chi connectivity index (χ0v) is 87.8. The number of nitrogens with one attached hydrogen (secondary N) is 9. The van der Waals surface area contributed by atoms with Gasteiger partial charge in [0, 0.05) is 152 Å². The van der Waals surface area contributed by atoms with Gasteiger partial charge < -0.3 is 10.3 Å². The lowest BCUT2D eigenvalue weighted by Gasteiger charge is -2.26. The Morgan fingerprint density at radius 3 is 1.02 bits per heavy atom. The first-order valence-corrected chi connectivity index (χ1v) is 56.0. The average molecular weight is 2090 g/mol. The molecular formula is C102H122ClN25O12S5. The number of halogens is 1. The van der Waals surface area contributed by atoms with Crippen molar-refractivity contribution in [3.8, 4) is 34.0 Å². The summed E-state index contributed by atoms with van der Waals surface area (Å²) in [5.74, 6) is 4.58. The number of aromatic amines is 1. The van der Waals surface area contributed by atoms with Crippen molar-refractivity contribution >= 4 is 143 Å². The van der Waals surface area contributed by atoms with E-state index in [-0.39, 0.29) is 73.7 Å². The first-order chi connectivity index (χ1) is 68.7. The molecule has 9 N–H and O–H groups in total. The number of aromatic nitrogens is 13. The number of urea groups is 4. The molecule has 37 nitrogen and oxygen atoms in total. The summed E-state index contributed by atoms with van der Waals surface area (Å²) in [7, 11) is -11.6. The van der Waals surface area contributed by atoms with Gasteiger partial charge in [-0.15, -0.1) is 11.3 Å². The van der Waals surface area contributed by atoms with E-state index in [0.29, 0.717) is 129 Å². The lowest BCUT2D eigenvalue weighted by Crippen LogP contribution is -2.39. The third kappa shape index (κ3) is 29.9. The quantitative estimate of drug-likeness (QED) is 0.0323. The predicted molar refractivity (Wildman–Crippen MR) is 572 cm³/mol. The van der Waals surface area contributed by atoms with E-state index in [0.717, 1.165) is 90.1 Å². The predicted octanol–water partition coefficient (Wildman–Crippen LogP) is 16.6. The lowest BCUT2D eigenvalue weighted by atomic mass is 9.92. The molecule has 4 saturated heterocycles. The minimum atomic E-state index is -2.90. The Morgan fingerprint density at radius 1 is 0.366 bits per heavy atom. The van der Waals surface area contributed by atoms with E-state index in [4.69, 9.17) is 32.0 Å². The fourth-order valence-corrected chi connectivity index (χ4v) is 21.7. The van der Waals surface area contributed by atoms with Crippen LogP contribution < -0.4 is 42.5 Å². The summed E-state index contributed by atoms with van der Waals surface area (Å²) in [5.41, 5.74) is 14.1. The second-order valence-corrected chi connectivity index (χ2v) is 50.6. The third-order valence-electron chi connectivity index (χ3n) is 24.3. The molecule has 18 rings (SSSR count). The van der Waals surface area contributed by atoms with Gasteiger partial charge in [0.1, 0.15) is 35.4 Å². The Bertz CT molecular complexity index is 7300. The number of nitrogens with zero attached hydrogens (tertiary/aromatic N) is 16. The largest absolute Gasteiger partial charge is 0.327 e. The van der Waals surface area contributed by atoms with Crippen LogP contribution in [0.5, 0.6) is 0 Å². The smallest absolute Gasteiger partial charge is 0.324 e. The standard InChI is InChI=1S/C28H32N6O3S2.C26H31N7O3S.C25H30ClN5O3S.C23H29N7O3S/c1-28(2,3)24-17-25(30-26(35)31-27-29-23(19-38-27)21-7-5-4-6-8-21)34(32-24)22-11-9-20(10-12-22)18-33-13-15-39(36,37)16-14-33;1-26(2,3)22-16-23(29-25(34)30-24-27-20-6-4-5-7-21(20)28-24)33(31-22)19-10-8-18(9-11-19)17-32-12-14-37(35,36)15-13-32;1-25(2,3)22-16-23(28-24(32)27-20-8-6-19(26)7-9-20)31(29-22)21-10-4-18(5-11-21)17-30-12-14-35(33,34)15-13-30;1-23(2,3)19-14-21(27-22(31)26-20-8-9-24-16-25-20)30(28-19)18-6-4-17(5-7-18)15-29-10-12-34(32,33)13-11-29/h4-12,17,19H,13-16,18H2,1-3H3,(H2,29,30,31,35);4-11,16H,12-15,17H2,1-3H3,(H3,27,28,29,30,34);4-11,16H,12-15,17H2,1-3H3,(H2,27,28,32);4-9,14,16H,10-13,15H2,1-3H3,(H2,24,25,26,27,31). The number of amides is 8. The summed E-state index contributed by atoms with van der Waals surface area (Å²) in [4.78, 5) is 79.5. The highest BCUT2D eigenvalue weighted by molar-refractivity contribution is 7.92. The molecule has 4 aliphatic heterocycles. The number of imidazole rings is 1. The molecule has 11 heterocycles. The highest BCUT2D eigenvalue weighted by atomic mass is 35.5. The number of thiazole rings is 1. The van der Waals surface area contributed by atoms with Gasteiger partial charge in [0.2, 0.25) is 5.95 Å². The van der Waals surface area contributed by atoms with Crippen molar-refractivity contribution in [2.45, 2.75) is 131 Å². The molecule has 0 unspecified atom stereocenters. The number of anilines is 8. The minimum absolute atomic E-state index is 0.205. The SMILES string of the molecule is CC(C)(C)c1cc(NC(=O)Nc2ccc(Cl)cc2)n(-c2ccc(CN3CCS(=O)(=O)CC3)cc2)n1.CC(C)(C)c1cc(NC(=O)Nc2ccncn2)n(-c2ccc(CN3CCS(=O)(=O)CC3)cc2)n1.CC(C)(C)c1cc(NC(=O)Nc2nc(-c3ccccc3)cs2)n(-c2ccc(CN3CCS(=O)(=O)CC3)cc2)n1.CC(C)(C)c1cc(NC(=O)Nc2nc3ccccc3[nH]2)n(-c2ccc(CN3CCS(=O)(=O)CC3)cc2)n1. The summed E-state index contributed by atoms with van der Waals surface area (Å²) < 4.78 is 100. The fraction of sp³-hybridized carbons (Fsp3) is 0.353. The Hall–Kier alpha value is -13.4. The molecule has 0 atom stereocenters. The summed E-state index contributed by atoms with van der Waals surface area (Å²) in [6, 6.07) is 63.4. The number of benzene rings is 7. The second kappa shape index (κ2) is 45.1. The zero-order chi connectivity index (χ0) is 103. The molecular weight excluding hydrogens is 1960 g/mol. The lowest BCUT2D eigenvalue weighted by molar-refractivity contribution is 0.261. The van der Waals surface area contributed by atoms with Crippen molar-refractivity contribution in [1.29, 1.82) is 0 Å². The van der Waals surface area contributed by atoms with Gasteiger partial charge in [-0.05, 0) is 113 Å². The van der Waals surface area contributed by atoms with Crippen molar-refractivity contribution < 1.29 is 52.8 Å². The molecule has 0 radical (unpaired) electrons. The van der Waals surface area contributed by atoms with Crippen LogP contribution in [0, 0.1) is 0 Å². The summed E-state index contributed by atoms with van der Waals surface area (Å²) in [6.45, 7) is 32.0. The van der Waals surface area contributed by atoms with E-state index in [2.05, 4.69) is 170 Å². The number of para-hydroxylation sites is 2. The molecule has 14 aromatic rings. The van der Waals surface area contributed by atoms with E-state index < -0.39 is 57.4 Å². The van der Waals surface area contributed by atoms with Gasteiger partial charge in [-0.25, -0.2) is 91.5 Å². The maximum Gasteiger partial charge on any atom is 0.327 e. The Kier molecular flexibility index (Phi) is 32.9. The Morgan fingerprint density at radius 2 is 0.690 bits per heavy atom. The number of fused-ring (bicyclic) bond motifs is 1. The van der Waals surface area contributed by atoms with E-state index >= 15 is 0 Å². The monoisotopic (exact) mass is 2080 g/mol. The molecule has 0 bridgehead atoms. The van der Waals surface area contributed by atoms with Crippen molar-refractivity contribution in [1.82, 2.24) is 83.6 Å². The molecule has 0 aliphatic carbocycles. The second-order valence-electron chi connectivity index (χ2n) is 40.1. The molecule has 0 saturated carbocycles. The van der Waals surface area contributed by atoms with Crippen LogP contribution in [0.15, 0.2) is 224 Å². The number of sulfone groups is 4. The first kappa shape index (κ1) is 106. The van der Waals surface area contributed by atoms with Crippen LogP contribution in [0.25, 0.3) is 45.0 Å². The number of H-pyrrole nitrogens is 1. The number of carbonyl (C=O) groups excluding carboxylic acids is 4. The molecule has 8 amide bonds. The van der Waals surface area contributed by atoms with E-state index in [1.54, 1.807) is 55.3 Å². The van der Waals surface area contributed by atoms with Crippen LogP contribution in [0.4, 0.5) is 65.0 Å². The van der Waals surface area contributed by atoms with Gasteiger partial charge in [0.25, 0.3) is 0 Å². The maximum absolute atomic E-state index is 12.9. The van der Waals surface area contributed by atoms with E-state index in [9.17, 15) is 52.8 Å². The van der Waals surface area contributed by atoms with Gasteiger partial charge >= 0.3 is 24.1 Å². The maximum atomic E-state index is 12.9. The Balaban J connectivity index is 0.000000145. The minimum Gasteiger partial charge on any atom is -0.324 e. The molecule has 145 heavy (non-hydrogen) atoms. The van der Waals surface area contributed by atoms with Crippen LogP contribution in [0.1, 0.15) is 128 Å². The highest BCUT2D eigenvalue weighted by Gasteiger charge is 2.31. The van der Waals surface area contributed by atoms with E-state index in [1.165, 1.54) is 17.7 Å². The van der Waals surface area contributed by atoms with Crippen molar-refractivity contribution in [3.63, 3.8) is 0 Å². The zero-order valence-electron chi connectivity index (χ0n) is 83.0. The third-order valence-corrected chi connectivity index (χ3v) is 31.8. The molecule has 4 aliphatic rings. The van der Waals surface area contributed by atoms with Gasteiger partial charge in [0.15, 0.2) is 44.5 Å². The molecule has 43 heteroatoms. The number of hydrogen-bond donors (Lipinski definition) is 9. The van der Waals surface area contributed by atoms with Gasteiger partial charge in [0.05, 0.1) is 108 Å². The molecule has 4 fully saturated rings. The van der Waals surface area contributed by atoms with Crippen molar-refractivity contribution in [3.05, 3.63) is 274 Å². The highest BCUT2D eigenvalue weighted by Crippen LogP contribution is 2.35. The molecule has 7 aromatic carbocycles. The summed E-state index contributed by atoms with van der Waals surface area (Å²) in [5, 5.41) is 44.8. The summed E-state index contributed by atoms with van der Waals surface area (Å²) >= 11 is 7.29. The van der Waals surface area contributed by atoms with Crippen molar-refractivity contribution in [2.75, 3.05) is 141 Å². The normalized spacial score (nSPS) is 16.0. The molecule has 0 spiro atoms. The number of carbonyl (C=O) groups is 4. The van der Waals surface area contributed by atoms with Gasteiger partial charge in [-0.1, -0.05) is 186 Å². The van der Waals surface area contributed by atoms with Gasteiger partial charge in [-0.2, -0.15) is 20.4 Å². The Labute approximate surface area is 853 Å². The van der Waals surface area contributed by atoms with Crippen LogP contribution in [-0.2, 0) is 87.2 Å². The topological polar surface area (TPSA) is 453 Å². The fourth-order valence-electron chi connectivity index (χ4n) is 15.8. The summed E-state index contributed by atoms with van der Waals surface area (Å²) in [6.07, 6.45) is 2.91.